The number of carbonyl (C=O) groups excluding carboxylic acids is 1. The Bertz CT molecular complexity index is 765. The van der Waals surface area contributed by atoms with Crippen LogP contribution in [0.4, 0.5) is 0 Å². The third kappa shape index (κ3) is 3.46. The lowest BCUT2D eigenvalue weighted by Gasteiger charge is -1.98. The number of thioether (sulfide) groups is 1. The molecule has 0 radical (unpaired) electrons. The van der Waals surface area contributed by atoms with E-state index in [9.17, 15) is 4.79 Å². The van der Waals surface area contributed by atoms with E-state index in [1.165, 1.54) is 23.1 Å². The Morgan fingerprint density at radius 3 is 2.57 bits per heavy atom. The molecule has 1 N–H and O–H groups in total. The third-order valence-corrected chi connectivity index (χ3v) is 5.14. The largest absolute Gasteiger partial charge is 0.307 e. The summed E-state index contributed by atoms with van der Waals surface area (Å²) in [5, 5.41) is 4.48. The second kappa shape index (κ2) is 6.06. The van der Waals surface area contributed by atoms with E-state index in [2.05, 4.69) is 10.3 Å². The highest BCUT2D eigenvalue weighted by atomic mass is 35.5. The SMILES string of the molecule is O=C1NC(=S)SC1=Cc1cnc(-c2cc(Cl)cc(Cl)c2)s1. The van der Waals surface area contributed by atoms with Crippen molar-refractivity contribution in [3.8, 4) is 10.6 Å². The van der Waals surface area contributed by atoms with Crippen LogP contribution in [0.25, 0.3) is 16.6 Å². The Balaban J connectivity index is 1.92. The first-order valence-electron chi connectivity index (χ1n) is 5.68. The quantitative estimate of drug-likeness (QED) is 0.617. The van der Waals surface area contributed by atoms with E-state index in [0.29, 0.717) is 19.3 Å². The van der Waals surface area contributed by atoms with Crippen molar-refractivity contribution in [2.75, 3.05) is 0 Å². The highest BCUT2D eigenvalue weighted by molar-refractivity contribution is 8.26. The number of rotatable bonds is 2. The zero-order valence-corrected chi connectivity index (χ0v) is 14.2. The van der Waals surface area contributed by atoms with Gasteiger partial charge in [0.05, 0.1) is 4.91 Å². The van der Waals surface area contributed by atoms with Crippen LogP contribution in [0.2, 0.25) is 10.0 Å². The Hall–Kier alpha value is -0.920. The first kappa shape index (κ1) is 15.0. The van der Waals surface area contributed by atoms with E-state index in [1.54, 1.807) is 30.5 Å². The Morgan fingerprint density at radius 1 is 1.24 bits per heavy atom. The van der Waals surface area contributed by atoms with Gasteiger partial charge < -0.3 is 5.32 Å². The molecule has 1 aliphatic rings. The van der Waals surface area contributed by atoms with Gasteiger partial charge in [0.2, 0.25) is 0 Å². The summed E-state index contributed by atoms with van der Waals surface area (Å²) < 4.78 is 0.470. The summed E-state index contributed by atoms with van der Waals surface area (Å²) in [4.78, 5) is 17.4. The number of benzene rings is 1. The molecule has 21 heavy (non-hydrogen) atoms. The van der Waals surface area contributed by atoms with Crippen LogP contribution in [0.15, 0.2) is 29.3 Å². The third-order valence-electron chi connectivity index (χ3n) is 2.55. The predicted octanol–water partition coefficient (Wildman–Crippen LogP) is 4.61. The summed E-state index contributed by atoms with van der Waals surface area (Å²) in [5.74, 6) is -0.175. The molecular weight excluding hydrogens is 367 g/mol. The minimum Gasteiger partial charge on any atom is -0.307 e. The summed E-state index contributed by atoms with van der Waals surface area (Å²) >= 11 is 19.6. The first-order chi connectivity index (χ1) is 10.0. The summed E-state index contributed by atoms with van der Waals surface area (Å²) in [6.07, 6.45) is 3.48. The fourth-order valence-electron chi connectivity index (χ4n) is 1.71. The zero-order valence-electron chi connectivity index (χ0n) is 10.2. The molecule has 1 saturated heterocycles. The van der Waals surface area contributed by atoms with Gasteiger partial charge in [0.1, 0.15) is 9.33 Å². The lowest BCUT2D eigenvalue weighted by atomic mass is 10.2. The van der Waals surface area contributed by atoms with E-state index < -0.39 is 0 Å². The average Bonchev–Trinajstić information content (AvgIpc) is 2.96. The molecule has 1 fully saturated rings. The number of hydrogen-bond donors (Lipinski definition) is 1. The molecule has 0 saturated carbocycles. The molecule has 0 spiro atoms. The molecule has 2 aromatic rings. The molecule has 1 amide bonds. The molecule has 1 aliphatic heterocycles. The maximum absolute atomic E-state index is 11.6. The van der Waals surface area contributed by atoms with E-state index in [0.717, 1.165) is 15.4 Å². The number of amides is 1. The average molecular weight is 373 g/mol. The smallest absolute Gasteiger partial charge is 0.263 e. The molecular formula is C13H6Cl2N2OS3. The minimum absolute atomic E-state index is 0.175. The summed E-state index contributed by atoms with van der Waals surface area (Å²) in [5.41, 5.74) is 0.848. The van der Waals surface area contributed by atoms with E-state index >= 15 is 0 Å². The van der Waals surface area contributed by atoms with Crippen molar-refractivity contribution in [1.82, 2.24) is 10.3 Å². The topological polar surface area (TPSA) is 42.0 Å². The second-order valence-electron chi connectivity index (χ2n) is 4.08. The lowest BCUT2D eigenvalue weighted by Crippen LogP contribution is -2.17. The number of halogens is 2. The second-order valence-corrected chi connectivity index (χ2v) is 7.73. The van der Waals surface area contributed by atoms with Crippen molar-refractivity contribution in [2.24, 2.45) is 0 Å². The van der Waals surface area contributed by atoms with Crippen LogP contribution < -0.4 is 5.32 Å². The molecule has 8 heteroatoms. The number of carbonyl (C=O) groups is 1. The minimum atomic E-state index is -0.175. The van der Waals surface area contributed by atoms with E-state index in [4.69, 9.17) is 35.4 Å². The van der Waals surface area contributed by atoms with Crippen molar-refractivity contribution in [3.05, 3.63) is 44.2 Å². The van der Waals surface area contributed by atoms with Crippen LogP contribution in [0.3, 0.4) is 0 Å². The number of thiocarbonyl (C=S) groups is 1. The van der Waals surface area contributed by atoms with Crippen molar-refractivity contribution < 1.29 is 4.79 Å². The van der Waals surface area contributed by atoms with Crippen LogP contribution in [-0.4, -0.2) is 15.2 Å². The molecule has 3 rings (SSSR count). The number of thiazole rings is 1. The van der Waals surface area contributed by atoms with Crippen molar-refractivity contribution >= 4 is 74.8 Å². The van der Waals surface area contributed by atoms with Crippen LogP contribution in [0.5, 0.6) is 0 Å². The lowest BCUT2D eigenvalue weighted by molar-refractivity contribution is -0.115. The Morgan fingerprint density at radius 2 is 1.95 bits per heavy atom. The predicted molar refractivity (Wildman–Crippen MR) is 93.9 cm³/mol. The van der Waals surface area contributed by atoms with Crippen LogP contribution in [-0.2, 0) is 4.79 Å². The molecule has 1 aromatic heterocycles. The fourth-order valence-corrected chi connectivity index (χ4v) is 4.20. The summed E-state index contributed by atoms with van der Waals surface area (Å²) in [7, 11) is 0. The molecule has 106 valence electrons. The Kier molecular flexibility index (Phi) is 4.33. The molecule has 2 heterocycles. The van der Waals surface area contributed by atoms with Crippen LogP contribution in [0, 0.1) is 0 Å². The van der Waals surface area contributed by atoms with Gasteiger partial charge in [-0.1, -0.05) is 47.2 Å². The van der Waals surface area contributed by atoms with Gasteiger partial charge >= 0.3 is 0 Å². The first-order valence-corrected chi connectivity index (χ1v) is 8.48. The normalized spacial score (nSPS) is 16.6. The van der Waals surface area contributed by atoms with Gasteiger partial charge in [0.15, 0.2) is 0 Å². The van der Waals surface area contributed by atoms with Crippen molar-refractivity contribution in [1.29, 1.82) is 0 Å². The molecule has 0 atom stereocenters. The maximum atomic E-state index is 11.6. The highest BCUT2D eigenvalue weighted by Gasteiger charge is 2.22. The molecule has 0 aliphatic carbocycles. The maximum Gasteiger partial charge on any atom is 0.263 e. The molecule has 0 bridgehead atoms. The van der Waals surface area contributed by atoms with Crippen LogP contribution in [0.1, 0.15) is 4.88 Å². The van der Waals surface area contributed by atoms with Gasteiger partial charge in [-0.15, -0.1) is 11.3 Å². The standard InChI is InChI=1S/C13H6Cl2N2OS3/c14-7-1-6(2-8(15)3-7)12-16-5-9(20-12)4-10-11(18)17-13(19)21-10/h1-5H,(H,17,18,19). The summed E-state index contributed by atoms with van der Waals surface area (Å²) in [6, 6.07) is 5.27. The van der Waals surface area contributed by atoms with Gasteiger partial charge in [-0.05, 0) is 24.3 Å². The zero-order chi connectivity index (χ0) is 15.0. The Labute approximate surface area is 144 Å². The number of hydrogen-bond acceptors (Lipinski definition) is 5. The monoisotopic (exact) mass is 372 g/mol. The molecule has 0 unspecified atom stereocenters. The number of aromatic nitrogens is 1. The number of nitrogens with one attached hydrogen (secondary N) is 1. The van der Waals surface area contributed by atoms with Gasteiger partial charge in [-0.25, -0.2) is 4.98 Å². The van der Waals surface area contributed by atoms with Gasteiger partial charge in [-0.2, -0.15) is 0 Å². The van der Waals surface area contributed by atoms with Crippen molar-refractivity contribution in [2.45, 2.75) is 0 Å². The fraction of sp³-hybridized carbons (Fsp3) is 0. The summed E-state index contributed by atoms with van der Waals surface area (Å²) in [6.45, 7) is 0. The van der Waals surface area contributed by atoms with Crippen molar-refractivity contribution in [3.63, 3.8) is 0 Å². The van der Waals surface area contributed by atoms with Gasteiger partial charge in [0, 0.05) is 26.7 Å². The molecule has 3 nitrogen and oxygen atoms in total. The van der Waals surface area contributed by atoms with E-state index in [-0.39, 0.29) is 5.91 Å². The van der Waals surface area contributed by atoms with Gasteiger partial charge in [0.25, 0.3) is 5.91 Å². The van der Waals surface area contributed by atoms with Crippen LogP contribution >= 0.6 is 58.5 Å². The number of nitrogens with zero attached hydrogens (tertiary/aromatic N) is 1. The molecule has 1 aromatic carbocycles. The van der Waals surface area contributed by atoms with E-state index in [1.807, 2.05) is 0 Å². The highest BCUT2D eigenvalue weighted by Crippen LogP contribution is 2.33. The van der Waals surface area contributed by atoms with Gasteiger partial charge in [-0.3, -0.25) is 4.79 Å².